The largest absolute Gasteiger partial charge is 0.398 e. The minimum Gasteiger partial charge on any atom is -0.398 e. The van der Waals surface area contributed by atoms with Crippen LogP contribution in [0, 0.1) is 5.92 Å². The number of hydrogen-bond acceptors (Lipinski definition) is 3. The van der Waals surface area contributed by atoms with E-state index in [9.17, 15) is 5.11 Å². The smallest absolute Gasteiger partial charge is 0.0589 e. The van der Waals surface area contributed by atoms with Crippen LogP contribution >= 0.6 is 11.6 Å². The summed E-state index contributed by atoms with van der Waals surface area (Å²) in [7, 11) is 0. The lowest BCUT2D eigenvalue weighted by Crippen LogP contribution is -2.34. The third kappa shape index (κ3) is 2.73. The van der Waals surface area contributed by atoms with E-state index in [1.165, 1.54) is 0 Å². The van der Waals surface area contributed by atoms with Crippen molar-refractivity contribution in [2.75, 3.05) is 18.9 Å². The van der Waals surface area contributed by atoms with E-state index in [0.717, 1.165) is 30.8 Å². The summed E-state index contributed by atoms with van der Waals surface area (Å²) in [5.74, 6) is 0.542. The van der Waals surface area contributed by atoms with Crippen LogP contribution in [0.5, 0.6) is 0 Å². The molecule has 2 unspecified atom stereocenters. The van der Waals surface area contributed by atoms with E-state index in [2.05, 4.69) is 11.8 Å². The molecule has 1 aromatic carbocycles. The van der Waals surface area contributed by atoms with E-state index in [4.69, 9.17) is 17.3 Å². The first-order valence-corrected chi connectivity index (χ1v) is 6.38. The van der Waals surface area contributed by atoms with Gasteiger partial charge in [-0.25, -0.2) is 0 Å². The predicted molar refractivity (Wildman–Crippen MR) is 70.9 cm³/mol. The van der Waals surface area contributed by atoms with Gasteiger partial charge in [0.2, 0.25) is 0 Å². The van der Waals surface area contributed by atoms with Crippen LogP contribution in [0.15, 0.2) is 18.2 Å². The third-order valence-electron chi connectivity index (χ3n) is 3.66. The fourth-order valence-electron chi connectivity index (χ4n) is 2.51. The molecule has 3 N–H and O–H groups in total. The summed E-state index contributed by atoms with van der Waals surface area (Å²) in [4.78, 5) is 2.28. The molecule has 1 aromatic rings. The summed E-state index contributed by atoms with van der Waals surface area (Å²) in [5, 5.41) is 10.1. The molecule has 17 heavy (non-hydrogen) atoms. The lowest BCUT2D eigenvalue weighted by Gasteiger charge is -2.25. The molecule has 0 amide bonds. The summed E-state index contributed by atoms with van der Waals surface area (Å²) >= 11 is 5.98. The Morgan fingerprint density at radius 2 is 2.29 bits per heavy atom. The van der Waals surface area contributed by atoms with Crippen molar-refractivity contribution < 1.29 is 5.11 Å². The zero-order valence-electron chi connectivity index (χ0n) is 10.1. The Morgan fingerprint density at radius 1 is 1.53 bits per heavy atom. The molecule has 94 valence electrons. The molecule has 0 bridgehead atoms. The van der Waals surface area contributed by atoms with E-state index >= 15 is 0 Å². The fourth-order valence-corrected chi connectivity index (χ4v) is 2.70. The van der Waals surface area contributed by atoms with Crippen LogP contribution in [-0.4, -0.2) is 29.2 Å². The molecule has 1 heterocycles. The van der Waals surface area contributed by atoms with Gasteiger partial charge in [-0.2, -0.15) is 0 Å². The zero-order chi connectivity index (χ0) is 12.4. The van der Waals surface area contributed by atoms with Gasteiger partial charge in [0, 0.05) is 23.3 Å². The van der Waals surface area contributed by atoms with Crippen molar-refractivity contribution in [3.8, 4) is 0 Å². The van der Waals surface area contributed by atoms with E-state index < -0.39 is 0 Å². The molecule has 1 saturated heterocycles. The first-order chi connectivity index (χ1) is 8.11. The number of nitrogen functional groups attached to an aromatic ring is 1. The second kappa shape index (κ2) is 5.25. The van der Waals surface area contributed by atoms with Gasteiger partial charge in [-0.1, -0.05) is 18.5 Å². The Balaban J connectivity index is 2.12. The number of rotatable bonds is 3. The number of aliphatic hydroxyl groups excluding tert-OH is 1. The van der Waals surface area contributed by atoms with Crippen LogP contribution in [0.1, 0.15) is 18.9 Å². The molecule has 2 rings (SSSR count). The molecule has 0 spiro atoms. The van der Waals surface area contributed by atoms with Crippen molar-refractivity contribution in [2.45, 2.75) is 25.9 Å². The van der Waals surface area contributed by atoms with Crippen LogP contribution in [0.25, 0.3) is 0 Å². The summed E-state index contributed by atoms with van der Waals surface area (Å²) in [6.45, 7) is 4.17. The lowest BCUT2D eigenvalue weighted by atomic mass is 10.0. The molecule has 4 heteroatoms. The van der Waals surface area contributed by atoms with Crippen molar-refractivity contribution in [3.63, 3.8) is 0 Å². The minimum atomic E-state index is 0.210. The lowest BCUT2D eigenvalue weighted by molar-refractivity contribution is 0.134. The summed E-state index contributed by atoms with van der Waals surface area (Å²) < 4.78 is 0. The van der Waals surface area contributed by atoms with Crippen molar-refractivity contribution >= 4 is 17.3 Å². The molecule has 2 atom stereocenters. The number of anilines is 1. The van der Waals surface area contributed by atoms with Crippen molar-refractivity contribution in [1.82, 2.24) is 4.90 Å². The average Bonchev–Trinajstić information content (AvgIpc) is 2.64. The van der Waals surface area contributed by atoms with Gasteiger partial charge in [0.25, 0.3) is 0 Å². The van der Waals surface area contributed by atoms with E-state index in [1.807, 2.05) is 12.1 Å². The Hall–Kier alpha value is -0.770. The molecule has 0 saturated carbocycles. The Morgan fingerprint density at radius 3 is 3.00 bits per heavy atom. The van der Waals surface area contributed by atoms with Gasteiger partial charge >= 0.3 is 0 Å². The van der Waals surface area contributed by atoms with Crippen molar-refractivity contribution in [1.29, 1.82) is 0 Å². The van der Waals surface area contributed by atoms with E-state index in [0.29, 0.717) is 10.9 Å². The number of hydrogen-bond donors (Lipinski definition) is 2. The Kier molecular flexibility index (Phi) is 3.92. The van der Waals surface area contributed by atoms with E-state index in [1.54, 1.807) is 6.07 Å². The van der Waals surface area contributed by atoms with E-state index in [-0.39, 0.29) is 12.6 Å². The highest BCUT2D eigenvalue weighted by molar-refractivity contribution is 6.30. The first kappa shape index (κ1) is 12.7. The molecule has 0 aliphatic carbocycles. The predicted octanol–water partition coefficient (Wildman–Crippen LogP) is 2.12. The number of halogens is 1. The number of nitrogens with two attached hydrogens (primary N) is 1. The molecule has 1 aliphatic heterocycles. The van der Waals surface area contributed by atoms with Gasteiger partial charge in [0.1, 0.15) is 0 Å². The van der Waals surface area contributed by atoms with Gasteiger partial charge in [-0.15, -0.1) is 0 Å². The van der Waals surface area contributed by atoms with Gasteiger partial charge in [-0.05, 0) is 42.6 Å². The minimum absolute atomic E-state index is 0.210. The first-order valence-electron chi connectivity index (χ1n) is 6.00. The van der Waals surface area contributed by atoms with Gasteiger partial charge in [-0.3, -0.25) is 4.90 Å². The van der Waals surface area contributed by atoms with Crippen molar-refractivity contribution in [2.24, 2.45) is 5.92 Å². The highest BCUT2D eigenvalue weighted by Gasteiger charge is 2.30. The number of benzene rings is 1. The average molecular weight is 255 g/mol. The van der Waals surface area contributed by atoms with Gasteiger partial charge in [0.05, 0.1) is 6.61 Å². The third-order valence-corrected chi connectivity index (χ3v) is 3.90. The van der Waals surface area contributed by atoms with Gasteiger partial charge in [0.15, 0.2) is 0 Å². The van der Waals surface area contributed by atoms with Crippen LogP contribution in [-0.2, 0) is 6.54 Å². The summed E-state index contributed by atoms with van der Waals surface area (Å²) in [6, 6.07) is 5.80. The second-order valence-electron chi connectivity index (χ2n) is 4.83. The maximum Gasteiger partial charge on any atom is 0.0589 e. The molecule has 3 nitrogen and oxygen atoms in total. The highest BCUT2D eigenvalue weighted by atomic mass is 35.5. The summed E-state index contributed by atoms with van der Waals surface area (Å²) in [6.07, 6.45) is 1.13. The SMILES string of the molecule is CC1CCN(Cc2cc(Cl)ccc2N)C1CO. The monoisotopic (exact) mass is 254 g/mol. The summed E-state index contributed by atoms with van der Waals surface area (Å²) in [5.41, 5.74) is 7.76. The zero-order valence-corrected chi connectivity index (χ0v) is 10.8. The molecule has 0 radical (unpaired) electrons. The molecule has 1 fully saturated rings. The second-order valence-corrected chi connectivity index (χ2v) is 5.27. The molecular weight excluding hydrogens is 236 g/mol. The number of nitrogens with zero attached hydrogens (tertiary/aromatic N) is 1. The van der Waals surface area contributed by atoms with Crippen LogP contribution in [0.4, 0.5) is 5.69 Å². The molecular formula is C13H19ClN2O. The standard InChI is InChI=1S/C13H19ClN2O/c1-9-4-5-16(13(9)8-17)7-10-6-11(14)2-3-12(10)15/h2-3,6,9,13,17H,4-5,7-8,15H2,1H3. The molecule has 1 aliphatic rings. The Bertz CT molecular complexity index is 397. The number of aliphatic hydroxyl groups is 1. The number of likely N-dealkylation sites (tertiary alicyclic amines) is 1. The highest BCUT2D eigenvalue weighted by Crippen LogP contribution is 2.27. The van der Waals surface area contributed by atoms with Crippen LogP contribution < -0.4 is 5.73 Å². The Labute approximate surface area is 107 Å². The maximum atomic E-state index is 9.41. The van der Waals surface area contributed by atoms with Gasteiger partial charge < -0.3 is 10.8 Å². The fraction of sp³-hybridized carbons (Fsp3) is 0.538. The quantitative estimate of drug-likeness (QED) is 0.813. The molecule has 0 aromatic heterocycles. The van der Waals surface area contributed by atoms with Crippen molar-refractivity contribution in [3.05, 3.63) is 28.8 Å². The van der Waals surface area contributed by atoms with Crippen LogP contribution in [0.3, 0.4) is 0 Å². The maximum absolute atomic E-state index is 9.41. The topological polar surface area (TPSA) is 49.5 Å². The van der Waals surface area contributed by atoms with Crippen LogP contribution in [0.2, 0.25) is 5.02 Å². The normalized spacial score (nSPS) is 25.4.